The molecule has 2 rings (SSSR count). The van der Waals surface area contributed by atoms with Crippen molar-refractivity contribution >= 4 is 39.4 Å². The van der Waals surface area contributed by atoms with Crippen molar-refractivity contribution < 1.29 is 18.0 Å². The highest BCUT2D eigenvalue weighted by Crippen LogP contribution is 2.14. The topological polar surface area (TPSA) is 74.8 Å². The molecule has 6 nitrogen and oxygen atoms in total. The molecule has 0 aromatic heterocycles. The van der Waals surface area contributed by atoms with Crippen LogP contribution in [0.3, 0.4) is 0 Å². The van der Waals surface area contributed by atoms with E-state index >= 15 is 0 Å². The molecule has 0 radical (unpaired) electrons. The van der Waals surface area contributed by atoms with Crippen LogP contribution in [-0.2, 0) is 19.6 Å². The predicted molar refractivity (Wildman–Crippen MR) is 112 cm³/mol. The predicted octanol–water partition coefficient (Wildman–Crippen LogP) is 2.83. The molecule has 8 heteroatoms. The molecule has 0 spiro atoms. The summed E-state index contributed by atoms with van der Waals surface area (Å²) in [6.07, 6.45) is 3.38. The highest BCUT2D eigenvalue weighted by atomic mass is 35.5. The van der Waals surface area contributed by atoms with Gasteiger partial charge in [0.05, 0.1) is 5.75 Å². The quantitative estimate of drug-likeness (QED) is 0.599. The Kier molecular flexibility index (Phi) is 8.22. The minimum absolute atomic E-state index is 0.0654. The Morgan fingerprint density at radius 1 is 1.14 bits per heavy atom. The summed E-state index contributed by atoms with van der Waals surface area (Å²) in [4.78, 5) is 26.0. The zero-order valence-electron chi connectivity index (χ0n) is 16.3. The average Bonchev–Trinajstić information content (AvgIpc) is 2.63. The average molecular weight is 427 g/mol. The van der Waals surface area contributed by atoms with Crippen LogP contribution in [0.5, 0.6) is 0 Å². The Morgan fingerprint density at radius 2 is 1.82 bits per heavy atom. The van der Waals surface area contributed by atoms with Crippen molar-refractivity contribution in [2.45, 2.75) is 26.7 Å². The van der Waals surface area contributed by atoms with Gasteiger partial charge in [-0.3, -0.25) is 9.59 Å². The van der Waals surface area contributed by atoms with E-state index in [0.717, 1.165) is 5.56 Å². The van der Waals surface area contributed by atoms with Gasteiger partial charge in [-0.05, 0) is 29.7 Å². The Morgan fingerprint density at radius 3 is 2.43 bits per heavy atom. The molecule has 1 fully saturated rings. The van der Waals surface area contributed by atoms with Gasteiger partial charge >= 0.3 is 0 Å². The molecule has 1 amide bonds. The van der Waals surface area contributed by atoms with Crippen LogP contribution >= 0.6 is 11.6 Å². The highest BCUT2D eigenvalue weighted by molar-refractivity contribution is 7.89. The zero-order chi connectivity index (χ0) is 20.7. The first-order valence-corrected chi connectivity index (χ1v) is 11.4. The molecule has 1 aromatic rings. The lowest BCUT2D eigenvalue weighted by Crippen LogP contribution is -2.51. The van der Waals surface area contributed by atoms with E-state index in [1.54, 1.807) is 29.2 Å². The van der Waals surface area contributed by atoms with Gasteiger partial charge in [-0.25, -0.2) is 8.42 Å². The molecule has 0 saturated carbocycles. The van der Waals surface area contributed by atoms with Gasteiger partial charge in [-0.15, -0.1) is 0 Å². The number of rotatable bonds is 8. The van der Waals surface area contributed by atoms with E-state index in [1.807, 2.05) is 19.9 Å². The molecule has 0 aliphatic carbocycles. The van der Waals surface area contributed by atoms with Crippen LogP contribution < -0.4 is 0 Å². The third-order valence-corrected chi connectivity index (χ3v) is 6.90. The summed E-state index contributed by atoms with van der Waals surface area (Å²) < 4.78 is 26.0. The van der Waals surface area contributed by atoms with Gasteiger partial charge in [0.15, 0.2) is 5.78 Å². The smallest absolute Gasteiger partial charge is 0.223 e. The van der Waals surface area contributed by atoms with E-state index in [9.17, 15) is 18.0 Å². The second-order valence-corrected chi connectivity index (χ2v) is 9.76. The second kappa shape index (κ2) is 10.2. The van der Waals surface area contributed by atoms with Crippen molar-refractivity contribution in [1.29, 1.82) is 0 Å². The highest BCUT2D eigenvalue weighted by Gasteiger charge is 2.29. The third kappa shape index (κ3) is 7.04. The van der Waals surface area contributed by atoms with Gasteiger partial charge in [0.25, 0.3) is 0 Å². The number of hydrogen-bond donors (Lipinski definition) is 0. The number of sulfonamides is 1. The number of ketones is 1. The molecule has 0 N–H and O–H groups in total. The Balaban J connectivity index is 1.77. The molecule has 28 heavy (non-hydrogen) atoms. The Bertz CT molecular complexity index is 828. The maximum absolute atomic E-state index is 12.3. The lowest BCUT2D eigenvalue weighted by atomic mass is 10.1. The molecular weight excluding hydrogens is 400 g/mol. The number of halogens is 1. The molecule has 154 valence electrons. The molecule has 0 atom stereocenters. The van der Waals surface area contributed by atoms with Crippen LogP contribution in [0.4, 0.5) is 0 Å². The number of amides is 1. The lowest BCUT2D eigenvalue weighted by molar-refractivity contribution is -0.133. The second-order valence-electron chi connectivity index (χ2n) is 7.31. The van der Waals surface area contributed by atoms with Crippen LogP contribution in [0, 0.1) is 5.92 Å². The summed E-state index contributed by atoms with van der Waals surface area (Å²) in [6.45, 7) is 5.09. The van der Waals surface area contributed by atoms with Crippen molar-refractivity contribution in [2.75, 3.05) is 31.9 Å². The van der Waals surface area contributed by atoms with Gasteiger partial charge in [0.1, 0.15) is 0 Å². The minimum Gasteiger partial charge on any atom is -0.340 e. The number of nitrogens with zero attached hydrogens (tertiary/aromatic N) is 2. The molecule has 1 aliphatic rings. The van der Waals surface area contributed by atoms with Crippen molar-refractivity contribution in [1.82, 2.24) is 9.21 Å². The summed E-state index contributed by atoms with van der Waals surface area (Å²) in [5, 5.41) is 0.597. The molecule has 0 bridgehead atoms. The van der Waals surface area contributed by atoms with Crippen molar-refractivity contribution in [3.8, 4) is 0 Å². The summed E-state index contributed by atoms with van der Waals surface area (Å²) in [7, 11) is -3.27. The fourth-order valence-electron chi connectivity index (χ4n) is 3.01. The SMILES string of the molecule is CC(C)CS(=O)(=O)N1CCN(C(=O)CCC(=O)/C=C/c2cccc(Cl)c2)CC1. The molecule has 1 aliphatic heterocycles. The number of piperazine rings is 1. The number of benzene rings is 1. The molecular formula is C20H27ClN2O4S. The van der Waals surface area contributed by atoms with E-state index in [2.05, 4.69) is 0 Å². The van der Waals surface area contributed by atoms with Crippen molar-refractivity contribution in [2.24, 2.45) is 5.92 Å². The number of carbonyl (C=O) groups is 2. The van der Waals surface area contributed by atoms with Crippen LogP contribution in [-0.4, -0.2) is 61.2 Å². The monoisotopic (exact) mass is 426 g/mol. The maximum Gasteiger partial charge on any atom is 0.223 e. The van der Waals surface area contributed by atoms with Gasteiger partial charge in [0.2, 0.25) is 15.9 Å². The lowest BCUT2D eigenvalue weighted by Gasteiger charge is -2.34. The molecule has 1 saturated heterocycles. The van der Waals surface area contributed by atoms with Gasteiger partial charge in [-0.1, -0.05) is 43.7 Å². The summed E-state index contributed by atoms with van der Waals surface area (Å²) in [5.41, 5.74) is 0.825. The fraction of sp³-hybridized carbons (Fsp3) is 0.500. The van der Waals surface area contributed by atoms with Crippen LogP contribution in [0.25, 0.3) is 6.08 Å². The number of carbonyl (C=O) groups excluding carboxylic acids is 2. The van der Waals surface area contributed by atoms with Crippen molar-refractivity contribution in [3.05, 3.63) is 40.9 Å². The van der Waals surface area contributed by atoms with E-state index < -0.39 is 10.0 Å². The number of hydrogen-bond acceptors (Lipinski definition) is 4. The van der Waals surface area contributed by atoms with Gasteiger partial charge in [0, 0.05) is 44.0 Å². The summed E-state index contributed by atoms with van der Waals surface area (Å²) in [6, 6.07) is 7.15. The Labute approximate surface area is 172 Å². The molecule has 1 heterocycles. The van der Waals surface area contributed by atoms with Gasteiger partial charge < -0.3 is 4.90 Å². The Hall–Kier alpha value is -1.70. The van der Waals surface area contributed by atoms with E-state index in [0.29, 0.717) is 31.2 Å². The zero-order valence-corrected chi connectivity index (χ0v) is 17.9. The molecule has 1 aromatic carbocycles. The number of allylic oxidation sites excluding steroid dienone is 1. The van der Waals surface area contributed by atoms with E-state index in [4.69, 9.17) is 11.6 Å². The first-order chi connectivity index (χ1) is 13.2. The first kappa shape index (κ1) is 22.6. The standard InChI is InChI=1S/C20H27ClN2O4S/c1-16(2)15-28(26,27)23-12-10-22(11-13-23)20(25)9-8-19(24)7-6-17-4-3-5-18(21)14-17/h3-7,14,16H,8-13,15H2,1-2H3/b7-6+. The van der Waals surface area contributed by atoms with Crippen LogP contribution in [0.1, 0.15) is 32.3 Å². The summed E-state index contributed by atoms with van der Waals surface area (Å²) >= 11 is 5.90. The van der Waals surface area contributed by atoms with Gasteiger partial charge in [-0.2, -0.15) is 4.31 Å². The minimum atomic E-state index is -3.27. The fourth-order valence-corrected chi connectivity index (χ4v) is 4.98. The summed E-state index contributed by atoms with van der Waals surface area (Å²) in [5.74, 6) is -0.0680. The normalized spacial score (nSPS) is 16.1. The molecule has 0 unspecified atom stereocenters. The largest absolute Gasteiger partial charge is 0.340 e. The maximum atomic E-state index is 12.3. The van der Waals surface area contributed by atoms with Crippen molar-refractivity contribution in [3.63, 3.8) is 0 Å². The van der Waals surface area contributed by atoms with Crippen LogP contribution in [0.2, 0.25) is 5.02 Å². The van der Waals surface area contributed by atoms with E-state index in [-0.39, 0.29) is 36.2 Å². The van der Waals surface area contributed by atoms with E-state index in [1.165, 1.54) is 10.4 Å². The third-order valence-electron chi connectivity index (χ3n) is 4.42. The first-order valence-electron chi connectivity index (χ1n) is 9.39. The van der Waals surface area contributed by atoms with Crippen LogP contribution in [0.15, 0.2) is 30.3 Å².